The minimum absolute atomic E-state index is 0.139. The summed E-state index contributed by atoms with van der Waals surface area (Å²) >= 11 is -0.839. The van der Waals surface area contributed by atoms with Crippen molar-refractivity contribution in [1.82, 2.24) is 0 Å². The molecule has 0 saturated heterocycles. The number of halogens is 3. The molecule has 0 aliphatic carbocycles. The van der Waals surface area contributed by atoms with Crippen LogP contribution in [0.25, 0.3) is 0 Å². The molecule has 0 fully saturated rings. The Hall–Kier alpha value is -0.481. The van der Waals surface area contributed by atoms with Crippen molar-refractivity contribution in [3.8, 4) is 11.6 Å². The van der Waals surface area contributed by atoms with Crippen LogP contribution in [0.2, 0.25) is 13.3 Å². The zero-order chi connectivity index (χ0) is 22.3. The summed E-state index contributed by atoms with van der Waals surface area (Å²) in [6.07, 6.45) is 4.33. The van der Waals surface area contributed by atoms with Crippen LogP contribution in [0.15, 0.2) is 24.3 Å². The molecule has 1 unspecified atom stereocenters. The quantitative estimate of drug-likeness (QED) is 0.223. The predicted octanol–water partition coefficient (Wildman–Crippen LogP) is 6.44. The van der Waals surface area contributed by atoms with Gasteiger partial charge in [0.15, 0.2) is 0 Å². The van der Waals surface area contributed by atoms with Crippen LogP contribution in [0.1, 0.15) is 70.4 Å². The summed E-state index contributed by atoms with van der Waals surface area (Å²) in [5.74, 6) is 1.92. The van der Waals surface area contributed by atoms with Gasteiger partial charge in [0.2, 0.25) is 7.60 Å². The van der Waals surface area contributed by atoms with E-state index in [1.54, 1.807) is 13.3 Å². The molecule has 29 heavy (non-hydrogen) atoms. The van der Waals surface area contributed by atoms with Gasteiger partial charge in [-0.3, -0.25) is 4.57 Å². The molecule has 0 aliphatic rings. The Morgan fingerprint density at radius 2 is 1.52 bits per heavy atom. The van der Waals surface area contributed by atoms with E-state index in [2.05, 4.69) is 20.8 Å². The van der Waals surface area contributed by atoms with Crippen LogP contribution in [0.3, 0.4) is 0 Å². The van der Waals surface area contributed by atoms with E-state index in [1.807, 2.05) is 5.92 Å². The van der Waals surface area contributed by atoms with Gasteiger partial charge in [-0.15, -0.1) is 0 Å². The van der Waals surface area contributed by atoms with Gasteiger partial charge < -0.3 is 9.79 Å². The first-order valence-electron chi connectivity index (χ1n) is 10.1. The SMILES string of the molecule is CCC[CH2][Sn+]([CH2]CCC)[CH2]CCC.O=P([O-])(O)C#Cc1cccc(C(F)(F)F)c1. The van der Waals surface area contributed by atoms with Crippen LogP contribution in [0.4, 0.5) is 13.2 Å². The number of hydrogen-bond acceptors (Lipinski definition) is 2. The van der Waals surface area contributed by atoms with Gasteiger partial charge in [0, 0.05) is 5.56 Å². The predicted molar refractivity (Wildman–Crippen MR) is 113 cm³/mol. The van der Waals surface area contributed by atoms with Crippen LogP contribution in [-0.4, -0.2) is 24.7 Å². The summed E-state index contributed by atoms with van der Waals surface area (Å²) in [6.45, 7) is 7.00. The minimum Gasteiger partial charge on any atom is -0.769 e. The topological polar surface area (TPSA) is 60.4 Å². The van der Waals surface area contributed by atoms with E-state index in [0.717, 1.165) is 12.1 Å². The standard InChI is InChI=1S/C9H6F3O3P.3C4H9.Sn/c10-9(11,12)8-3-1-2-7(6-8)4-5-16(13,14)15;3*1-3-4-2;/h1-3,6H,(H2,13,14,15);3*1,3-4H2,2H3;/q;;;;+1/p-1. The van der Waals surface area contributed by atoms with Gasteiger partial charge in [0.05, 0.1) is 5.56 Å². The molecule has 1 aromatic carbocycles. The van der Waals surface area contributed by atoms with Crippen LogP contribution in [0, 0.1) is 11.6 Å². The largest absolute Gasteiger partial charge is 0.769 e. The Morgan fingerprint density at radius 1 is 1.03 bits per heavy atom. The molecule has 1 atom stereocenters. The fourth-order valence-corrected chi connectivity index (χ4v) is 12.3. The van der Waals surface area contributed by atoms with E-state index in [9.17, 15) is 22.6 Å². The molecule has 1 rings (SSSR count). The number of hydrogen-bond donors (Lipinski definition) is 1. The molecule has 0 heterocycles. The average molecular weight is 539 g/mol. The van der Waals surface area contributed by atoms with Crippen LogP contribution >= 0.6 is 7.60 Å². The molecule has 0 radical (unpaired) electrons. The number of rotatable bonds is 9. The molecule has 164 valence electrons. The Balaban J connectivity index is 0.000000555. The summed E-state index contributed by atoms with van der Waals surface area (Å²) in [4.78, 5) is 18.6. The molecule has 0 bridgehead atoms. The molecular formula is C21H32F3O3PSn. The van der Waals surface area contributed by atoms with Gasteiger partial charge in [-0.25, -0.2) is 0 Å². The smallest absolute Gasteiger partial charge is 0.416 e. The van der Waals surface area contributed by atoms with Crippen molar-refractivity contribution < 1.29 is 27.5 Å². The van der Waals surface area contributed by atoms with E-state index in [1.165, 1.54) is 50.3 Å². The summed E-state index contributed by atoms with van der Waals surface area (Å²) < 4.78 is 52.0. The average Bonchev–Trinajstić information content (AvgIpc) is 2.65. The third kappa shape index (κ3) is 16.0. The third-order valence-corrected chi connectivity index (χ3v) is 13.7. The maximum atomic E-state index is 12.2. The third-order valence-electron chi connectivity index (χ3n) is 4.18. The van der Waals surface area contributed by atoms with Crippen LogP contribution < -0.4 is 4.89 Å². The zero-order valence-corrected chi connectivity index (χ0v) is 21.3. The van der Waals surface area contributed by atoms with Crippen molar-refractivity contribution in [2.24, 2.45) is 0 Å². The van der Waals surface area contributed by atoms with E-state index in [4.69, 9.17) is 4.89 Å². The number of benzene rings is 1. The second kappa shape index (κ2) is 15.3. The van der Waals surface area contributed by atoms with Gasteiger partial charge in [-0.05, 0) is 23.9 Å². The second-order valence-electron chi connectivity index (χ2n) is 6.90. The first-order chi connectivity index (χ1) is 13.5. The van der Waals surface area contributed by atoms with Gasteiger partial charge >= 0.3 is 98.5 Å². The summed E-state index contributed by atoms with van der Waals surface area (Å²) in [5.41, 5.74) is 0.384. The molecule has 3 nitrogen and oxygen atoms in total. The molecular weight excluding hydrogens is 507 g/mol. The van der Waals surface area contributed by atoms with Gasteiger partial charge in [-0.2, -0.15) is 13.2 Å². The van der Waals surface area contributed by atoms with Crippen LogP contribution in [0.5, 0.6) is 0 Å². The molecule has 0 aromatic heterocycles. The minimum atomic E-state index is -4.78. The van der Waals surface area contributed by atoms with Crippen molar-refractivity contribution in [2.75, 3.05) is 0 Å². The van der Waals surface area contributed by atoms with Gasteiger partial charge in [-0.1, -0.05) is 12.0 Å². The van der Waals surface area contributed by atoms with E-state index >= 15 is 0 Å². The van der Waals surface area contributed by atoms with Gasteiger partial charge in [0.1, 0.15) is 0 Å². The maximum Gasteiger partial charge on any atom is 0.416 e. The number of alkyl halides is 3. The fourth-order valence-electron chi connectivity index (χ4n) is 2.56. The van der Waals surface area contributed by atoms with Crippen molar-refractivity contribution in [1.29, 1.82) is 0 Å². The first-order valence-corrected chi connectivity index (χ1v) is 17.7. The van der Waals surface area contributed by atoms with E-state index in [0.29, 0.717) is 6.07 Å². The monoisotopic (exact) mass is 540 g/mol. The first kappa shape index (κ1) is 28.5. The Bertz CT molecular complexity index is 659. The van der Waals surface area contributed by atoms with Crippen LogP contribution in [-0.2, 0) is 10.7 Å². The molecule has 1 aromatic rings. The Kier molecular flexibility index (Phi) is 15.1. The summed E-state index contributed by atoms with van der Waals surface area (Å²) in [7, 11) is -4.78. The molecule has 1 N–H and O–H groups in total. The zero-order valence-electron chi connectivity index (χ0n) is 17.5. The van der Waals surface area contributed by atoms with E-state index < -0.39 is 39.1 Å². The van der Waals surface area contributed by atoms with Crippen molar-refractivity contribution in [2.45, 2.75) is 78.8 Å². The summed E-state index contributed by atoms with van der Waals surface area (Å²) in [5, 5.41) is 0. The summed E-state index contributed by atoms with van der Waals surface area (Å²) in [6, 6.07) is 3.83. The molecule has 0 saturated carbocycles. The molecule has 0 aliphatic heterocycles. The van der Waals surface area contributed by atoms with Crippen molar-refractivity contribution in [3.63, 3.8) is 0 Å². The molecule has 0 spiro atoms. The molecule has 8 heteroatoms. The van der Waals surface area contributed by atoms with Crippen molar-refractivity contribution >= 4 is 27.4 Å². The number of unbranched alkanes of at least 4 members (excludes halogenated alkanes) is 3. The van der Waals surface area contributed by atoms with E-state index in [-0.39, 0.29) is 5.56 Å². The molecule has 0 amide bonds. The normalized spacial score (nSPS) is 12.8. The Morgan fingerprint density at radius 3 is 1.90 bits per heavy atom. The van der Waals surface area contributed by atoms with Crippen molar-refractivity contribution in [3.05, 3.63) is 35.4 Å². The fraction of sp³-hybridized carbons (Fsp3) is 0.619. The van der Waals surface area contributed by atoms with Gasteiger partial charge in [0.25, 0.3) is 0 Å². The maximum absolute atomic E-state index is 12.2. The second-order valence-corrected chi connectivity index (χ2v) is 16.7. The Labute approximate surface area is 180 Å².